The molecule has 0 aliphatic carbocycles. The summed E-state index contributed by atoms with van der Waals surface area (Å²) in [7, 11) is 0. The van der Waals surface area contributed by atoms with Gasteiger partial charge in [0.05, 0.1) is 6.10 Å². The van der Waals surface area contributed by atoms with Crippen LogP contribution in [0.3, 0.4) is 0 Å². The minimum atomic E-state index is -0.363. The third kappa shape index (κ3) is 3.41. The van der Waals surface area contributed by atoms with Gasteiger partial charge in [0.25, 0.3) is 0 Å². The van der Waals surface area contributed by atoms with Crippen LogP contribution in [0.4, 0.5) is 0 Å². The molecule has 1 aromatic carbocycles. The molecule has 0 aromatic heterocycles. The molecule has 0 spiro atoms. The van der Waals surface area contributed by atoms with Crippen molar-refractivity contribution < 1.29 is 5.11 Å². The Bertz CT molecular complexity index is 251. The molecule has 1 N–H and O–H groups in total. The molecule has 0 aliphatic heterocycles. The van der Waals surface area contributed by atoms with E-state index in [1.807, 2.05) is 23.9 Å². The zero-order valence-electron chi connectivity index (χ0n) is 8.32. The predicted molar refractivity (Wildman–Crippen MR) is 58.1 cm³/mol. The smallest absolute Gasteiger partial charge is 0.0761 e. The Morgan fingerprint density at radius 1 is 1.08 bits per heavy atom. The largest absolute Gasteiger partial charge is 0.389 e. The van der Waals surface area contributed by atoms with Crippen molar-refractivity contribution in [2.75, 3.05) is 0 Å². The molecule has 2 heteroatoms. The van der Waals surface area contributed by atoms with Crippen LogP contribution in [-0.4, -0.2) is 10.4 Å². The fraction of sp³-hybridized carbons (Fsp3) is 0.455. The molecule has 0 heterocycles. The van der Waals surface area contributed by atoms with Gasteiger partial charge in [-0.2, -0.15) is 0 Å². The van der Waals surface area contributed by atoms with Crippen molar-refractivity contribution in [2.45, 2.75) is 37.0 Å². The summed E-state index contributed by atoms with van der Waals surface area (Å²) in [5.74, 6) is 0. The Morgan fingerprint density at radius 2 is 1.62 bits per heavy atom. The van der Waals surface area contributed by atoms with Gasteiger partial charge >= 0.3 is 0 Å². The van der Waals surface area contributed by atoms with E-state index in [1.165, 1.54) is 4.90 Å². The number of hydrogen-bond acceptors (Lipinski definition) is 2. The molecule has 0 radical (unpaired) electrons. The summed E-state index contributed by atoms with van der Waals surface area (Å²) in [4.78, 5) is 1.26. The molecule has 13 heavy (non-hydrogen) atoms. The van der Waals surface area contributed by atoms with Gasteiger partial charge in [-0.25, -0.2) is 0 Å². The Balaban J connectivity index is 2.70. The monoisotopic (exact) mass is 196 g/mol. The van der Waals surface area contributed by atoms with E-state index in [0.29, 0.717) is 5.25 Å². The van der Waals surface area contributed by atoms with E-state index in [1.54, 1.807) is 6.92 Å². The highest BCUT2D eigenvalue weighted by molar-refractivity contribution is 7.99. The fourth-order valence-electron chi connectivity index (χ4n) is 1.10. The van der Waals surface area contributed by atoms with Crippen LogP contribution in [-0.2, 0) is 0 Å². The third-order valence-electron chi connectivity index (χ3n) is 1.73. The molecule has 1 nitrogen and oxygen atoms in total. The zero-order valence-corrected chi connectivity index (χ0v) is 9.14. The lowest BCUT2D eigenvalue weighted by molar-refractivity contribution is 0.199. The Labute approximate surface area is 84.2 Å². The quantitative estimate of drug-likeness (QED) is 0.749. The van der Waals surface area contributed by atoms with Gasteiger partial charge in [-0.15, -0.1) is 11.8 Å². The van der Waals surface area contributed by atoms with Crippen LogP contribution < -0.4 is 0 Å². The van der Waals surface area contributed by atoms with Gasteiger partial charge in [0.2, 0.25) is 0 Å². The Kier molecular flexibility index (Phi) is 3.82. The maximum absolute atomic E-state index is 9.29. The van der Waals surface area contributed by atoms with E-state index in [2.05, 4.69) is 26.0 Å². The Hall–Kier alpha value is -0.470. The van der Waals surface area contributed by atoms with Crippen LogP contribution in [0.2, 0.25) is 0 Å². The highest BCUT2D eigenvalue weighted by Crippen LogP contribution is 2.24. The van der Waals surface area contributed by atoms with Gasteiger partial charge in [-0.05, 0) is 24.6 Å². The molecule has 0 saturated carbocycles. The number of benzene rings is 1. The van der Waals surface area contributed by atoms with Crippen molar-refractivity contribution in [1.29, 1.82) is 0 Å². The molecule has 1 aromatic rings. The van der Waals surface area contributed by atoms with Crippen LogP contribution >= 0.6 is 11.8 Å². The summed E-state index contributed by atoms with van der Waals surface area (Å²) in [5, 5.41) is 9.90. The topological polar surface area (TPSA) is 20.2 Å². The van der Waals surface area contributed by atoms with Crippen LogP contribution in [0.5, 0.6) is 0 Å². The second-order valence-electron chi connectivity index (χ2n) is 3.41. The highest BCUT2D eigenvalue weighted by atomic mass is 32.2. The van der Waals surface area contributed by atoms with E-state index in [-0.39, 0.29) is 6.10 Å². The fourth-order valence-corrected chi connectivity index (χ4v) is 1.93. The summed E-state index contributed by atoms with van der Waals surface area (Å²) < 4.78 is 0. The highest BCUT2D eigenvalue weighted by Gasteiger charge is 2.01. The minimum Gasteiger partial charge on any atom is -0.389 e. The minimum absolute atomic E-state index is 0.363. The van der Waals surface area contributed by atoms with Gasteiger partial charge in [-0.3, -0.25) is 0 Å². The van der Waals surface area contributed by atoms with Crippen molar-refractivity contribution in [3.8, 4) is 0 Å². The van der Waals surface area contributed by atoms with Crippen molar-refractivity contribution in [1.82, 2.24) is 0 Å². The van der Waals surface area contributed by atoms with Crippen molar-refractivity contribution in [3.63, 3.8) is 0 Å². The van der Waals surface area contributed by atoms with Crippen LogP contribution in [0.1, 0.15) is 32.4 Å². The summed E-state index contributed by atoms with van der Waals surface area (Å²) in [6, 6.07) is 8.09. The first-order chi connectivity index (χ1) is 6.09. The molecule has 1 rings (SSSR count). The van der Waals surface area contributed by atoms with Gasteiger partial charge in [0.1, 0.15) is 0 Å². The molecule has 0 saturated heterocycles. The number of hydrogen-bond donors (Lipinski definition) is 1. The van der Waals surface area contributed by atoms with Crippen molar-refractivity contribution in [3.05, 3.63) is 29.8 Å². The van der Waals surface area contributed by atoms with Crippen molar-refractivity contribution in [2.24, 2.45) is 0 Å². The molecular formula is C11H16OS. The normalized spacial score (nSPS) is 13.3. The van der Waals surface area contributed by atoms with Gasteiger partial charge in [-0.1, -0.05) is 26.0 Å². The standard InChI is InChI=1S/C11H16OS/c1-8(2)13-11-6-4-10(5-7-11)9(3)12/h4-9,12H,1-3H3/t9-/m0/s1. The molecule has 0 amide bonds. The third-order valence-corrected chi connectivity index (χ3v) is 2.75. The first kappa shape index (κ1) is 10.6. The first-order valence-corrected chi connectivity index (χ1v) is 5.42. The summed E-state index contributed by atoms with van der Waals surface area (Å²) in [6.07, 6.45) is -0.363. The Morgan fingerprint density at radius 3 is 2.00 bits per heavy atom. The molecule has 72 valence electrons. The summed E-state index contributed by atoms with van der Waals surface area (Å²) >= 11 is 1.84. The van der Waals surface area contributed by atoms with Gasteiger partial charge < -0.3 is 5.11 Å². The summed E-state index contributed by atoms with van der Waals surface area (Å²) in [6.45, 7) is 6.13. The molecular weight excluding hydrogens is 180 g/mol. The maximum atomic E-state index is 9.29. The van der Waals surface area contributed by atoms with E-state index in [0.717, 1.165) is 5.56 Å². The van der Waals surface area contributed by atoms with Gasteiger partial charge in [0, 0.05) is 10.1 Å². The first-order valence-electron chi connectivity index (χ1n) is 4.54. The average molecular weight is 196 g/mol. The lowest BCUT2D eigenvalue weighted by Gasteiger charge is -2.07. The van der Waals surface area contributed by atoms with E-state index in [4.69, 9.17) is 0 Å². The van der Waals surface area contributed by atoms with Crippen LogP contribution in [0, 0.1) is 0 Å². The number of thioether (sulfide) groups is 1. The predicted octanol–water partition coefficient (Wildman–Crippen LogP) is 3.24. The van der Waals surface area contributed by atoms with Crippen LogP contribution in [0.15, 0.2) is 29.2 Å². The molecule has 1 atom stereocenters. The lowest BCUT2D eigenvalue weighted by Crippen LogP contribution is -1.91. The zero-order chi connectivity index (χ0) is 9.84. The summed E-state index contributed by atoms with van der Waals surface area (Å²) in [5.41, 5.74) is 0.980. The molecule has 0 bridgehead atoms. The molecule has 0 unspecified atom stereocenters. The number of rotatable bonds is 3. The van der Waals surface area contributed by atoms with E-state index in [9.17, 15) is 5.11 Å². The molecule has 0 aliphatic rings. The number of aliphatic hydroxyl groups is 1. The van der Waals surface area contributed by atoms with Crippen molar-refractivity contribution >= 4 is 11.8 Å². The van der Waals surface area contributed by atoms with Crippen LogP contribution in [0.25, 0.3) is 0 Å². The number of aliphatic hydroxyl groups excluding tert-OH is 1. The maximum Gasteiger partial charge on any atom is 0.0761 e. The average Bonchev–Trinajstić information content (AvgIpc) is 2.04. The second-order valence-corrected chi connectivity index (χ2v) is 5.06. The molecule has 0 fully saturated rings. The lowest BCUT2D eigenvalue weighted by atomic mass is 10.1. The van der Waals surface area contributed by atoms with E-state index >= 15 is 0 Å². The van der Waals surface area contributed by atoms with Gasteiger partial charge in [0.15, 0.2) is 0 Å². The second kappa shape index (κ2) is 4.68. The van der Waals surface area contributed by atoms with E-state index < -0.39 is 0 Å². The SMILES string of the molecule is CC(C)Sc1ccc([C@H](C)O)cc1.